The summed E-state index contributed by atoms with van der Waals surface area (Å²) >= 11 is 0. The van der Waals surface area contributed by atoms with Gasteiger partial charge in [-0.05, 0) is 24.7 Å². The van der Waals surface area contributed by atoms with E-state index in [0.717, 1.165) is 12.1 Å². The quantitative estimate of drug-likeness (QED) is 0.786. The predicted molar refractivity (Wildman–Crippen MR) is 59.6 cm³/mol. The highest BCUT2D eigenvalue weighted by Crippen LogP contribution is 2.34. The third-order valence-corrected chi connectivity index (χ3v) is 3.27. The Hall–Kier alpha value is -1.14. The number of nitrogens with two attached hydrogens (primary N) is 1. The first-order valence-corrected chi connectivity index (χ1v) is 5.60. The van der Waals surface area contributed by atoms with Crippen LogP contribution in [0.5, 0.6) is 0 Å². The highest BCUT2D eigenvalue weighted by molar-refractivity contribution is 5.30. The summed E-state index contributed by atoms with van der Waals surface area (Å²) in [7, 11) is 1.88. The monoisotopic (exact) mass is 262 g/mol. The van der Waals surface area contributed by atoms with Crippen LogP contribution in [0.4, 0.5) is 17.6 Å². The molecule has 0 bridgehead atoms. The van der Waals surface area contributed by atoms with Crippen molar-refractivity contribution in [2.24, 2.45) is 5.73 Å². The number of rotatable bonds is 1. The number of halogens is 4. The van der Waals surface area contributed by atoms with E-state index in [1.165, 1.54) is 6.07 Å². The molecule has 1 heterocycles. The molecule has 100 valence electrons. The number of likely N-dealkylation sites (tertiary alicyclic amines) is 1. The van der Waals surface area contributed by atoms with Crippen LogP contribution in [-0.4, -0.2) is 31.1 Å². The molecule has 1 fully saturated rings. The lowest BCUT2D eigenvalue weighted by Crippen LogP contribution is -2.28. The van der Waals surface area contributed by atoms with Crippen LogP contribution in [0.2, 0.25) is 0 Å². The summed E-state index contributed by atoms with van der Waals surface area (Å²) in [6.45, 7) is 1.29. The Morgan fingerprint density at radius 1 is 1.28 bits per heavy atom. The van der Waals surface area contributed by atoms with E-state index in [9.17, 15) is 17.6 Å². The Kier molecular flexibility index (Phi) is 3.33. The van der Waals surface area contributed by atoms with Gasteiger partial charge in [0, 0.05) is 25.0 Å². The van der Waals surface area contributed by atoms with Gasteiger partial charge < -0.3 is 10.6 Å². The van der Waals surface area contributed by atoms with Gasteiger partial charge in [0.25, 0.3) is 0 Å². The summed E-state index contributed by atoms with van der Waals surface area (Å²) in [4.78, 5) is 1.98. The van der Waals surface area contributed by atoms with Gasteiger partial charge in [-0.3, -0.25) is 0 Å². The van der Waals surface area contributed by atoms with Crippen molar-refractivity contribution in [3.05, 3.63) is 35.1 Å². The van der Waals surface area contributed by atoms with Crippen LogP contribution in [0.25, 0.3) is 0 Å². The Labute approximate surface area is 102 Å². The zero-order valence-corrected chi connectivity index (χ0v) is 9.84. The summed E-state index contributed by atoms with van der Waals surface area (Å²) in [5, 5.41) is 0. The van der Waals surface area contributed by atoms with Gasteiger partial charge in [0.05, 0.1) is 5.56 Å². The molecule has 2 atom stereocenters. The van der Waals surface area contributed by atoms with E-state index in [1.807, 2.05) is 11.9 Å². The summed E-state index contributed by atoms with van der Waals surface area (Å²) in [5.41, 5.74) is 5.18. The van der Waals surface area contributed by atoms with Crippen molar-refractivity contribution in [1.29, 1.82) is 0 Å². The van der Waals surface area contributed by atoms with Gasteiger partial charge in [-0.25, -0.2) is 4.39 Å². The van der Waals surface area contributed by atoms with Gasteiger partial charge in [0.2, 0.25) is 0 Å². The number of benzene rings is 1. The molecule has 0 spiro atoms. The maximum absolute atomic E-state index is 13.4. The Bertz CT molecular complexity index is 444. The SMILES string of the molecule is CN1C[C@@H](N)[C@H](c2ccc(C(F)(F)F)c(F)c2)C1. The molecule has 18 heavy (non-hydrogen) atoms. The van der Waals surface area contributed by atoms with Crippen molar-refractivity contribution < 1.29 is 17.6 Å². The van der Waals surface area contributed by atoms with Crippen LogP contribution in [0.3, 0.4) is 0 Å². The second kappa shape index (κ2) is 4.51. The highest BCUT2D eigenvalue weighted by Gasteiger charge is 2.35. The van der Waals surface area contributed by atoms with Crippen molar-refractivity contribution in [3.8, 4) is 0 Å². The lowest BCUT2D eigenvalue weighted by atomic mass is 9.94. The number of hydrogen-bond donors (Lipinski definition) is 1. The third-order valence-electron chi connectivity index (χ3n) is 3.27. The van der Waals surface area contributed by atoms with E-state index in [0.29, 0.717) is 18.7 Å². The number of likely N-dealkylation sites (N-methyl/N-ethyl adjacent to an activating group) is 1. The molecule has 1 saturated heterocycles. The first kappa shape index (κ1) is 13.3. The predicted octanol–water partition coefficient (Wildman–Crippen LogP) is 2.20. The molecule has 2 N–H and O–H groups in total. The standard InChI is InChI=1S/C12H14F4N2/c1-18-5-8(11(17)6-18)7-2-3-9(10(13)4-7)12(14,15)16/h2-4,8,11H,5-6,17H2,1H3/t8-,11+/m0/s1. The van der Waals surface area contributed by atoms with Gasteiger partial charge in [0.1, 0.15) is 5.82 Å². The molecule has 2 nitrogen and oxygen atoms in total. The van der Waals surface area contributed by atoms with Crippen molar-refractivity contribution in [1.82, 2.24) is 4.90 Å². The highest BCUT2D eigenvalue weighted by atomic mass is 19.4. The summed E-state index contributed by atoms with van der Waals surface area (Å²) in [6, 6.07) is 2.88. The van der Waals surface area contributed by atoms with Crippen molar-refractivity contribution in [2.45, 2.75) is 18.1 Å². The molecular formula is C12H14F4N2. The van der Waals surface area contributed by atoms with Gasteiger partial charge >= 0.3 is 6.18 Å². The maximum Gasteiger partial charge on any atom is 0.419 e. The minimum atomic E-state index is -4.66. The zero-order chi connectivity index (χ0) is 13.5. The van der Waals surface area contributed by atoms with E-state index in [2.05, 4.69) is 0 Å². The first-order valence-electron chi connectivity index (χ1n) is 5.60. The summed E-state index contributed by atoms with van der Waals surface area (Å²) in [6.07, 6.45) is -4.66. The molecular weight excluding hydrogens is 248 g/mol. The fraction of sp³-hybridized carbons (Fsp3) is 0.500. The fourth-order valence-corrected chi connectivity index (χ4v) is 2.38. The van der Waals surface area contributed by atoms with E-state index >= 15 is 0 Å². The number of alkyl halides is 3. The van der Waals surface area contributed by atoms with Gasteiger partial charge in [0.15, 0.2) is 0 Å². The average molecular weight is 262 g/mol. The smallest absolute Gasteiger partial charge is 0.326 e. The molecule has 0 aliphatic carbocycles. The molecule has 1 aliphatic heterocycles. The van der Waals surface area contributed by atoms with Crippen molar-refractivity contribution in [3.63, 3.8) is 0 Å². The molecule has 1 aromatic rings. The van der Waals surface area contributed by atoms with Crippen LogP contribution in [0.1, 0.15) is 17.0 Å². The van der Waals surface area contributed by atoms with Crippen LogP contribution >= 0.6 is 0 Å². The molecule has 1 aliphatic rings. The largest absolute Gasteiger partial charge is 0.419 e. The van der Waals surface area contributed by atoms with E-state index in [-0.39, 0.29) is 12.0 Å². The van der Waals surface area contributed by atoms with Gasteiger partial charge in [-0.2, -0.15) is 13.2 Å². The Morgan fingerprint density at radius 2 is 1.94 bits per heavy atom. The molecule has 6 heteroatoms. The van der Waals surface area contributed by atoms with E-state index < -0.39 is 17.6 Å². The molecule has 0 unspecified atom stereocenters. The normalized spacial score (nSPS) is 25.7. The molecule has 0 radical (unpaired) electrons. The summed E-state index contributed by atoms with van der Waals surface area (Å²) < 4.78 is 50.7. The van der Waals surface area contributed by atoms with E-state index in [1.54, 1.807) is 0 Å². The molecule has 2 rings (SSSR count). The minimum absolute atomic E-state index is 0.119. The molecule has 1 aromatic carbocycles. The second-order valence-corrected chi connectivity index (χ2v) is 4.73. The lowest BCUT2D eigenvalue weighted by Gasteiger charge is -2.16. The van der Waals surface area contributed by atoms with Gasteiger partial charge in [-0.15, -0.1) is 0 Å². The van der Waals surface area contributed by atoms with E-state index in [4.69, 9.17) is 5.73 Å². The summed E-state index contributed by atoms with van der Waals surface area (Å²) in [5.74, 6) is -1.35. The van der Waals surface area contributed by atoms with Gasteiger partial charge in [-0.1, -0.05) is 6.07 Å². The first-order chi connectivity index (χ1) is 8.29. The molecule has 0 aromatic heterocycles. The Morgan fingerprint density at radius 3 is 2.39 bits per heavy atom. The zero-order valence-electron chi connectivity index (χ0n) is 9.84. The third kappa shape index (κ3) is 2.49. The van der Waals surface area contributed by atoms with Crippen molar-refractivity contribution in [2.75, 3.05) is 20.1 Å². The Balaban J connectivity index is 2.30. The van der Waals surface area contributed by atoms with Crippen LogP contribution in [0, 0.1) is 5.82 Å². The molecule has 0 amide bonds. The van der Waals surface area contributed by atoms with Crippen LogP contribution in [0.15, 0.2) is 18.2 Å². The lowest BCUT2D eigenvalue weighted by molar-refractivity contribution is -0.140. The molecule has 0 saturated carbocycles. The second-order valence-electron chi connectivity index (χ2n) is 4.73. The van der Waals surface area contributed by atoms with Crippen LogP contribution in [-0.2, 0) is 6.18 Å². The maximum atomic E-state index is 13.4. The number of nitrogens with zero attached hydrogens (tertiary/aromatic N) is 1. The topological polar surface area (TPSA) is 29.3 Å². The average Bonchev–Trinajstić information content (AvgIpc) is 2.55. The van der Waals surface area contributed by atoms with Crippen molar-refractivity contribution >= 4 is 0 Å². The number of hydrogen-bond acceptors (Lipinski definition) is 2. The van der Waals surface area contributed by atoms with Crippen LogP contribution < -0.4 is 5.73 Å². The minimum Gasteiger partial charge on any atom is -0.326 e. The fourth-order valence-electron chi connectivity index (χ4n) is 2.38.